The molecule has 0 bridgehead atoms. The minimum absolute atomic E-state index is 0.153. The Morgan fingerprint density at radius 3 is 2.50 bits per heavy atom. The molecule has 3 heterocycles. The lowest BCUT2D eigenvalue weighted by Crippen LogP contribution is -2.38. The van der Waals surface area contributed by atoms with Gasteiger partial charge in [-0.05, 0) is 36.6 Å². The second-order valence-corrected chi connectivity index (χ2v) is 10.5. The molecule has 1 aliphatic heterocycles. The Hall–Kier alpha value is -3.65. The van der Waals surface area contributed by atoms with Gasteiger partial charge in [-0.15, -0.1) is 0 Å². The molecule has 8 heteroatoms. The summed E-state index contributed by atoms with van der Waals surface area (Å²) in [6.45, 7) is 1.63. The van der Waals surface area contributed by atoms with Crippen LogP contribution in [0, 0.1) is 0 Å². The van der Waals surface area contributed by atoms with Crippen molar-refractivity contribution in [2.24, 2.45) is 0 Å². The third kappa shape index (κ3) is 4.73. The van der Waals surface area contributed by atoms with Gasteiger partial charge in [0.15, 0.2) is 0 Å². The largest absolute Gasteiger partial charge is 0.341 e. The lowest BCUT2D eigenvalue weighted by Gasteiger charge is -2.26. The smallest absolute Gasteiger partial charge is 0.259 e. The average Bonchev–Trinajstić information content (AvgIpc) is 3.69. The maximum Gasteiger partial charge on any atom is 0.259 e. The highest BCUT2D eigenvalue weighted by Crippen LogP contribution is 2.41. The highest BCUT2D eigenvalue weighted by atomic mass is 32.2. The van der Waals surface area contributed by atoms with Crippen molar-refractivity contribution in [3.63, 3.8) is 0 Å². The zero-order chi connectivity index (χ0) is 24.5. The number of anilines is 1. The third-order valence-corrected chi connectivity index (χ3v) is 7.63. The number of nitrogens with zero attached hydrogens (tertiary/aromatic N) is 3. The molecule has 2 aliphatic rings. The quantitative estimate of drug-likeness (QED) is 0.396. The molecule has 2 fully saturated rings. The molecule has 36 heavy (non-hydrogen) atoms. The molecular weight excluding hydrogens is 472 g/mol. The summed E-state index contributed by atoms with van der Waals surface area (Å²) in [7, 11) is 0. The number of amides is 2. The predicted molar refractivity (Wildman–Crippen MR) is 141 cm³/mol. The molecule has 7 nitrogen and oxygen atoms in total. The van der Waals surface area contributed by atoms with Gasteiger partial charge < -0.3 is 14.7 Å². The summed E-state index contributed by atoms with van der Waals surface area (Å²) in [5, 5.41) is 7.89. The fourth-order valence-electron chi connectivity index (χ4n) is 4.53. The Labute approximate surface area is 213 Å². The minimum Gasteiger partial charge on any atom is -0.341 e. The van der Waals surface area contributed by atoms with Gasteiger partial charge in [0.05, 0.1) is 17.4 Å². The molecule has 0 radical (unpaired) electrons. The standard InChI is InChI=1S/C28H26N4O3S/c33-24(32-12-14-36-15-13-32)16-18-6-10-21(11-7-18)29-27(34)22-17-23(19-8-9-19)30-28-25(22)26(31-35-28)20-4-2-1-3-5-20/h1-7,10-11,17,19H,8-9,12-16H2,(H,29,34). The average molecular weight is 499 g/mol. The van der Waals surface area contributed by atoms with E-state index in [1.165, 1.54) is 0 Å². The Morgan fingerprint density at radius 2 is 1.78 bits per heavy atom. The topological polar surface area (TPSA) is 88.3 Å². The van der Waals surface area contributed by atoms with Gasteiger partial charge in [0, 0.05) is 47.5 Å². The van der Waals surface area contributed by atoms with Gasteiger partial charge in [-0.3, -0.25) is 9.59 Å². The molecule has 2 amide bonds. The van der Waals surface area contributed by atoms with E-state index < -0.39 is 0 Å². The Morgan fingerprint density at radius 1 is 1.03 bits per heavy atom. The first-order valence-corrected chi connectivity index (χ1v) is 13.4. The van der Waals surface area contributed by atoms with Gasteiger partial charge in [0.1, 0.15) is 5.69 Å². The summed E-state index contributed by atoms with van der Waals surface area (Å²) in [6, 6.07) is 19.0. The number of nitrogens with one attached hydrogen (secondary N) is 1. The summed E-state index contributed by atoms with van der Waals surface area (Å²) >= 11 is 1.89. The second kappa shape index (κ2) is 9.78. The van der Waals surface area contributed by atoms with Crippen LogP contribution in [-0.2, 0) is 11.2 Å². The van der Waals surface area contributed by atoms with Crippen LogP contribution in [0.15, 0.2) is 65.2 Å². The number of fused-ring (bicyclic) bond motifs is 1. The number of carbonyl (C=O) groups excluding carboxylic acids is 2. The predicted octanol–water partition coefficient (Wildman–Crippen LogP) is 5.14. The molecule has 1 aliphatic carbocycles. The van der Waals surface area contributed by atoms with E-state index in [0.717, 1.165) is 54.3 Å². The normalized spacial score (nSPS) is 15.7. The first kappa shape index (κ1) is 22.8. The van der Waals surface area contributed by atoms with Crippen LogP contribution in [0.5, 0.6) is 0 Å². The van der Waals surface area contributed by atoms with Crippen LogP contribution in [0.25, 0.3) is 22.4 Å². The Kier molecular flexibility index (Phi) is 6.19. The van der Waals surface area contributed by atoms with Crippen LogP contribution in [0.4, 0.5) is 5.69 Å². The zero-order valence-electron chi connectivity index (χ0n) is 19.8. The number of hydrogen-bond acceptors (Lipinski definition) is 6. The summed E-state index contributed by atoms with van der Waals surface area (Å²) in [6.07, 6.45) is 2.50. The van der Waals surface area contributed by atoms with Crippen LogP contribution in [-0.4, -0.2) is 51.5 Å². The highest BCUT2D eigenvalue weighted by Gasteiger charge is 2.29. The lowest BCUT2D eigenvalue weighted by molar-refractivity contribution is -0.130. The maximum absolute atomic E-state index is 13.5. The number of benzene rings is 2. The number of rotatable bonds is 6. The van der Waals surface area contributed by atoms with Gasteiger partial charge in [0.2, 0.25) is 5.91 Å². The summed E-state index contributed by atoms with van der Waals surface area (Å²) in [5.41, 5.74) is 4.83. The summed E-state index contributed by atoms with van der Waals surface area (Å²) in [4.78, 5) is 32.7. The number of thioether (sulfide) groups is 1. The van der Waals surface area contributed by atoms with Gasteiger partial charge in [-0.1, -0.05) is 47.6 Å². The third-order valence-electron chi connectivity index (χ3n) is 6.68. The monoisotopic (exact) mass is 498 g/mol. The molecule has 2 aromatic carbocycles. The van der Waals surface area contributed by atoms with Crippen LogP contribution in [0.2, 0.25) is 0 Å². The number of aromatic nitrogens is 2. The van der Waals surface area contributed by atoms with Gasteiger partial charge in [-0.25, -0.2) is 4.98 Å². The summed E-state index contributed by atoms with van der Waals surface area (Å²) in [5.74, 6) is 2.28. The van der Waals surface area contributed by atoms with Gasteiger partial charge >= 0.3 is 0 Å². The van der Waals surface area contributed by atoms with E-state index in [9.17, 15) is 9.59 Å². The first-order chi connectivity index (χ1) is 17.7. The molecule has 1 saturated carbocycles. The van der Waals surface area contributed by atoms with E-state index in [1.54, 1.807) is 0 Å². The van der Waals surface area contributed by atoms with Crippen molar-refractivity contribution >= 4 is 40.4 Å². The molecule has 0 atom stereocenters. The molecule has 2 aromatic heterocycles. The van der Waals surface area contributed by atoms with E-state index >= 15 is 0 Å². The van der Waals surface area contributed by atoms with Crippen molar-refractivity contribution in [2.75, 3.05) is 29.9 Å². The summed E-state index contributed by atoms with van der Waals surface area (Å²) < 4.78 is 5.59. The molecule has 6 rings (SSSR count). The van der Waals surface area contributed by atoms with E-state index in [0.29, 0.717) is 40.4 Å². The van der Waals surface area contributed by atoms with Crippen molar-refractivity contribution in [1.82, 2.24) is 15.0 Å². The van der Waals surface area contributed by atoms with E-state index in [4.69, 9.17) is 4.52 Å². The van der Waals surface area contributed by atoms with Crippen LogP contribution in [0.3, 0.4) is 0 Å². The lowest BCUT2D eigenvalue weighted by atomic mass is 10.0. The maximum atomic E-state index is 13.5. The van der Waals surface area contributed by atoms with Crippen molar-refractivity contribution in [1.29, 1.82) is 0 Å². The van der Waals surface area contributed by atoms with Gasteiger partial charge in [-0.2, -0.15) is 11.8 Å². The molecule has 0 unspecified atom stereocenters. The molecule has 182 valence electrons. The Bertz CT molecular complexity index is 1410. The molecule has 4 aromatic rings. The fourth-order valence-corrected chi connectivity index (χ4v) is 5.44. The molecule has 1 N–H and O–H groups in total. The molecular formula is C28H26N4O3S. The van der Waals surface area contributed by atoms with Crippen molar-refractivity contribution in [3.8, 4) is 11.3 Å². The zero-order valence-corrected chi connectivity index (χ0v) is 20.6. The minimum atomic E-state index is -0.237. The fraction of sp³-hybridized carbons (Fsp3) is 0.286. The first-order valence-electron chi connectivity index (χ1n) is 12.3. The number of hydrogen-bond donors (Lipinski definition) is 1. The number of carbonyl (C=O) groups is 2. The van der Waals surface area contributed by atoms with Crippen molar-refractivity contribution in [2.45, 2.75) is 25.2 Å². The number of pyridine rings is 1. The van der Waals surface area contributed by atoms with Crippen molar-refractivity contribution < 1.29 is 14.1 Å². The second-order valence-electron chi connectivity index (χ2n) is 9.27. The van der Waals surface area contributed by atoms with E-state index in [1.807, 2.05) is 77.3 Å². The van der Waals surface area contributed by atoms with Crippen molar-refractivity contribution in [3.05, 3.63) is 77.5 Å². The molecule has 0 spiro atoms. The van der Waals surface area contributed by atoms with Crippen LogP contribution >= 0.6 is 11.8 Å². The van der Waals surface area contributed by atoms with Crippen LogP contribution < -0.4 is 5.32 Å². The Balaban J connectivity index is 1.25. The highest BCUT2D eigenvalue weighted by molar-refractivity contribution is 7.99. The van der Waals surface area contributed by atoms with E-state index in [2.05, 4.69) is 15.5 Å². The van der Waals surface area contributed by atoms with Crippen LogP contribution in [0.1, 0.15) is 40.4 Å². The SMILES string of the molecule is O=C(Nc1ccc(CC(=O)N2CCSCC2)cc1)c1cc(C2CC2)nc2onc(-c3ccccc3)c12. The van der Waals surface area contributed by atoms with E-state index in [-0.39, 0.29) is 11.8 Å². The molecule has 1 saturated heterocycles. The van der Waals surface area contributed by atoms with Gasteiger partial charge in [0.25, 0.3) is 11.6 Å².